The molecule has 0 N–H and O–H groups in total. The van der Waals surface area contributed by atoms with Gasteiger partial charge in [0.2, 0.25) is 0 Å². The van der Waals surface area contributed by atoms with E-state index in [0.29, 0.717) is 17.2 Å². The van der Waals surface area contributed by atoms with Crippen molar-refractivity contribution in [2.24, 2.45) is 0 Å². The van der Waals surface area contributed by atoms with Crippen molar-refractivity contribution < 1.29 is 4.74 Å². The molecule has 2 aromatic rings. The number of ether oxygens (including phenoxy) is 1. The lowest BCUT2D eigenvalue weighted by Crippen LogP contribution is -1.90. The molecule has 0 heterocycles. The van der Waals surface area contributed by atoms with E-state index in [-0.39, 0.29) is 0 Å². The Kier molecular flexibility index (Phi) is 5.08. The van der Waals surface area contributed by atoms with Crippen molar-refractivity contribution in [3.63, 3.8) is 0 Å². The van der Waals surface area contributed by atoms with E-state index in [1.54, 1.807) is 12.1 Å². The summed E-state index contributed by atoms with van der Waals surface area (Å²) in [7, 11) is 0. The molecule has 0 aliphatic heterocycles. The zero-order valence-electron chi connectivity index (χ0n) is 9.66. The van der Waals surface area contributed by atoms with E-state index in [2.05, 4.69) is 44.6 Å². The Morgan fingerprint density at radius 1 is 1.32 bits per heavy atom. The van der Waals surface area contributed by atoms with Crippen LogP contribution in [0, 0.1) is 14.9 Å². The van der Waals surface area contributed by atoms with Gasteiger partial charge in [-0.1, -0.05) is 17.7 Å². The molecular weight excluding hydrogens is 440 g/mol. The number of halogens is 3. The first-order chi connectivity index (χ1) is 9.10. The molecule has 0 radical (unpaired) electrons. The van der Waals surface area contributed by atoms with Gasteiger partial charge in [-0.05, 0) is 74.4 Å². The van der Waals surface area contributed by atoms with Crippen LogP contribution in [0.4, 0.5) is 0 Å². The molecule has 2 nitrogen and oxygen atoms in total. The Morgan fingerprint density at radius 2 is 2.11 bits per heavy atom. The topological polar surface area (TPSA) is 33.0 Å². The fourth-order valence-electron chi connectivity index (χ4n) is 1.56. The Morgan fingerprint density at radius 3 is 2.84 bits per heavy atom. The van der Waals surface area contributed by atoms with Crippen molar-refractivity contribution in [2.45, 2.75) is 6.42 Å². The molecule has 0 unspecified atom stereocenters. The van der Waals surface area contributed by atoms with E-state index in [4.69, 9.17) is 21.6 Å². The second-order valence-electron chi connectivity index (χ2n) is 3.78. The van der Waals surface area contributed by atoms with Crippen LogP contribution < -0.4 is 4.74 Å². The standard InChI is InChI=1S/C14H8BrClINO/c15-12-2-1-3-13(14(12)17)19-11-7-9(4-5-18)6-10(16)8-11/h1-3,6-8H,4H2. The van der Waals surface area contributed by atoms with Crippen LogP contribution in [0.15, 0.2) is 40.9 Å². The smallest absolute Gasteiger partial charge is 0.141 e. The van der Waals surface area contributed by atoms with Crippen molar-refractivity contribution in [3.05, 3.63) is 55.0 Å². The van der Waals surface area contributed by atoms with Gasteiger partial charge in [-0.2, -0.15) is 5.26 Å². The molecule has 0 saturated carbocycles. The molecule has 0 amide bonds. The predicted octanol–water partition coefficient (Wildman–Crippen LogP) is 5.57. The largest absolute Gasteiger partial charge is 0.456 e. The second kappa shape index (κ2) is 6.60. The van der Waals surface area contributed by atoms with Crippen LogP contribution in [0.1, 0.15) is 5.56 Å². The minimum absolute atomic E-state index is 0.312. The molecule has 0 fully saturated rings. The van der Waals surface area contributed by atoms with Gasteiger partial charge in [0.25, 0.3) is 0 Å². The van der Waals surface area contributed by atoms with Gasteiger partial charge in [-0.3, -0.25) is 0 Å². The predicted molar refractivity (Wildman–Crippen MR) is 87.7 cm³/mol. The minimum Gasteiger partial charge on any atom is -0.456 e. The van der Waals surface area contributed by atoms with Crippen molar-refractivity contribution in [1.82, 2.24) is 0 Å². The first kappa shape index (κ1) is 14.6. The monoisotopic (exact) mass is 447 g/mol. The first-order valence-corrected chi connectivity index (χ1v) is 7.63. The van der Waals surface area contributed by atoms with Gasteiger partial charge in [0.05, 0.1) is 16.1 Å². The normalized spacial score (nSPS) is 10.0. The van der Waals surface area contributed by atoms with E-state index in [0.717, 1.165) is 19.4 Å². The number of nitrogens with zero attached hydrogens (tertiary/aromatic N) is 1. The summed E-state index contributed by atoms with van der Waals surface area (Å²) in [6.07, 6.45) is 0.312. The number of benzene rings is 2. The zero-order valence-corrected chi connectivity index (χ0v) is 14.2. The molecule has 0 atom stereocenters. The zero-order chi connectivity index (χ0) is 13.8. The first-order valence-electron chi connectivity index (χ1n) is 5.38. The number of rotatable bonds is 3. The summed E-state index contributed by atoms with van der Waals surface area (Å²) >= 11 is 11.7. The van der Waals surface area contributed by atoms with Gasteiger partial charge in [-0.15, -0.1) is 0 Å². The molecule has 2 aromatic carbocycles. The maximum atomic E-state index is 8.73. The van der Waals surface area contributed by atoms with Crippen LogP contribution in [0.2, 0.25) is 5.02 Å². The summed E-state index contributed by atoms with van der Waals surface area (Å²) in [6.45, 7) is 0. The average molecular weight is 448 g/mol. The summed E-state index contributed by atoms with van der Waals surface area (Å²) in [5, 5.41) is 9.29. The molecule has 0 aromatic heterocycles. The molecule has 19 heavy (non-hydrogen) atoms. The van der Waals surface area contributed by atoms with Gasteiger partial charge in [0, 0.05) is 9.50 Å². The quantitative estimate of drug-likeness (QED) is 0.576. The van der Waals surface area contributed by atoms with Crippen LogP contribution in [0.25, 0.3) is 0 Å². The van der Waals surface area contributed by atoms with E-state index < -0.39 is 0 Å². The molecule has 5 heteroatoms. The van der Waals surface area contributed by atoms with Crippen molar-refractivity contribution in [3.8, 4) is 17.6 Å². The second-order valence-corrected chi connectivity index (χ2v) is 6.15. The van der Waals surface area contributed by atoms with Crippen LogP contribution >= 0.6 is 50.1 Å². The molecule has 0 aliphatic carbocycles. The number of hydrogen-bond acceptors (Lipinski definition) is 2. The van der Waals surface area contributed by atoms with Gasteiger partial charge < -0.3 is 4.74 Å². The van der Waals surface area contributed by atoms with Crippen LogP contribution in [0.5, 0.6) is 11.5 Å². The maximum absolute atomic E-state index is 8.73. The Balaban J connectivity index is 2.33. The molecule has 0 bridgehead atoms. The van der Waals surface area contributed by atoms with Crippen LogP contribution in [0.3, 0.4) is 0 Å². The fraction of sp³-hybridized carbons (Fsp3) is 0.0714. The lowest BCUT2D eigenvalue weighted by Gasteiger charge is -2.10. The summed E-state index contributed by atoms with van der Waals surface area (Å²) < 4.78 is 7.79. The Bertz CT molecular complexity index is 654. The summed E-state index contributed by atoms with van der Waals surface area (Å²) in [6, 6.07) is 13.2. The summed E-state index contributed by atoms with van der Waals surface area (Å²) in [4.78, 5) is 0. The van der Waals surface area contributed by atoms with Gasteiger partial charge in [0.15, 0.2) is 0 Å². The fourth-order valence-corrected chi connectivity index (χ4v) is 2.63. The molecule has 0 aliphatic rings. The van der Waals surface area contributed by atoms with E-state index in [1.807, 2.05) is 24.3 Å². The highest BCUT2D eigenvalue weighted by atomic mass is 127. The third-order valence-electron chi connectivity index (χ3n) is 2.36. The third-order valence-corrected chi connectivity index (χ3v) is 5.09. The van der Waals surface area contributed by atoms with Crippen molar-refractivity contribution in [1.29, 1.82) is 5.26 Å². The van der Waals surface area contributed by atoms with E-state index in [9.17, 15) is 0 Å². The summed E-state index contributed by atoms with van der Waals surface area (Å²) in [5.74, 6) is 1.38. The molecule has 96 valence electrons. The van der Waals surface area contributed by atoms with E-state index >= 15 is 0 Å². The lowest BCUT2D eigenvalue weighted by molar-refractivity contribution is 0.478. The highest BCUT2D eigenvalue weighted by Crippen LogP contribution is 2.33. The molecular formula is C14H8BrClINO. The average Bonchev–Trinajstić information content (AvgIpc) is 2.35. The van der Waals surface area contributed by atoms with E-state index in [1.165, 1.54) is 0 Å². The van der Waals surface area contributed by atoms with Gasteiger partial charge in [-0.25, -0.2) is 0 Å². The van der Waals surface area contributed by atoms with Crippen molar-refractivity contribution >= 4 is 50.1 Å². The lowest BCUT2D eigenvalue weighted by atomic mass is 10.1. The van der Waals surface area contributed by atoms with Crippen LogP contribution in [-0.4, -0.2) is 0 Å². The maximum Gasteiger partial charge on any atom is 0.141 e. The Hall–Kier alpha value is -0.770. The van der Waals surface area contributed by atoms with Crippen molar-refractivity contribution in [2.75, 3.05) is 0 Å². The minimum atomic E-state index is 0.312. The highest BCUT2D eigenvalue weighted by Gasteiger charge is 2.07. The van der Waals surface area contributed by atoms with Gasteiger partial charge in [0.1, 0.15) is 11.5 Å². The SMILES string of the molecule is N#CCc1cc(Cl)cc(Oc2cccc(Br)c2I)c1. The Labute approximate surface area is 138 Å². The van der Waals surface area contributed by atoms with Gasteiger partial charge >= 0.3 is 0 Å². The third kappa shape index (κ3) is 3.85. The van der Waals surface area contributed by atoms with Crippen LogP contribution in [-0.2, 0) is 6.42 Å². The molecule has 2 rings (SSSR count). The number of hydrogen-bond donors (Lipinski definition) is 0. The number of nitriles is 1. The molecule has 0 saturated heterocycles. The highest BCUT2D eigenvalue weighted by molar-refractivity contribution is 14.1. The molecule has 0 spiro atoms. The summed E-state index contributed by atoms with van der Waals surface area (Å²) in [5.41, 5.74) is 0.843.